The number of hydrogen-bond donors (Lipinski definition) is 0. The Hall–Kier alpha value is -2.67. The van der Waals surface area contributed by atoms with Gasteiger partial charge in [-0.2, -0.15) is 4.98 Å². The van der Waals surface area contributed by atoms with E-state index < -0.39 is 9.84 Å². The van der Waals surface area contributed by atoms with Crippen LogP contribution >= 0.6 is 0 Å². The maximum absolute atomic E-state index is 12.6. The Morgan fingerprint density at radius 3 is 2.50 bits per heavy atom. The van der Waals surface area contributed by atoms with Crippen LogP contribution in [0.15, 0.2) is 57.9 Å². The lowest BCUT2D eigenvalue weighted by molar-refractivity contribution is 0.388. The van der Waals surface area contributed by atoms with Gasteiger partial charge in [0.15, 0.2) is 9.84 Å². The summed E-state index contributed by atoms with van der Waals surface area (Å²) < 4.78 is 35.3. The molecule has 0 aliphatic rings. The number of rotatable bonds is 5. The molecule has 24 heavy (non-hydrogen) atoms. The van der Waals surface area contributed by atoms with Crippen LogP contribution in [0.4, 0.5) is 0 Å². The van der Waals surface area contributed by atoms with Crippen molar-refractivity contribution in [2.75, 3.05) is 7.11 Å². The number of aromatic nitrogens is 2. The van der Waals surface area contributed by atoms with Crippen molar-refractivity contribution in [1.82, 2.24) is 10.1 Å². The molecule has 124 valence electrons. The van der Waals surface area contributed by atoms with Gasteiger partial charge in [0, 0.05) is 5.56 Å². The molecule has 0 fully saturated rings. The fraction of sp³-hybridized carbons (Fsp3) is 0.176. The average molecular weight is 344 g/mol. The summed E-state index contributed by atoms with van der Waals surface area (Å²) in [7, 11) is -2.23. The molecule has 0 bridgehead atoms. The third kappa shape index (κ3) is 3.30. The van der Waals surface area contributed by atoms with E-state index in [4.69, 9.17) is 9.26 Å². The van der Waals surface area contributed by atoms with Gasteiger partial charge >= 0.3 is 0 Å². The predicted molar refractivity (Wildman–Crippen MR) is 88.4 cm³/mol. The Morgan fingerprint density at radius 1 is 1.08 bits per heavy atom. The van der Waals surface area contributed by atoms with E-state index in [1.54, 1.807) is 18.2 Å². The molecule has 0 saturated heterocycles. The summed E-state index contributed by atoms with van der Waals surface area (Å²) in [5.74, 6) is 0.305. The van der Waals surface area contributed by atoms with E-state index in [0.717, 1.165) is 11.1 Å². The molecule has 1 heterocycles. The van der Waals surface area contributed by atoms with Gasteiger partial charge in [0.25, 0.3) is 0 Å². The van der Waals surface area contributed by atoms with Gasteiger partial charge in [-0.3, -0.25) is 0 Å². The van der Waals surface area contributed by atoms with Crippen LogP contribution in [0.1, 0.15) is 11.5 Å². The van der Waals surface area contributed by atoms with Crippen LogP contribution in [-0.2, 0) is 15.6 Å². The second-order valence-electron chi connectivity index (χ2n) is 5.29. The van der Waals surface area contributed by atoms with E-state index in [-0.39, 0.29) is 22.3 Å². The number of nitrogens with zero attached hydrogens (tertiary/aromatic N) is 2. The molecule has 6 nitrogen and oxygen atoms in total. The van der Waals surface area contributed by atoms with E-state index in [9.17, 15) is 8.42 Å². The molecule has 0 amide bonds. The molecule has 0 spiro atoms. The fourth-order valence-corrected chi connectivity index (χ4v) is 3.59. The largest absolute Gasteiger partial charge is 0.495 e. The van der Waals surface area contributed by atoms with E-state index in [2.05, 4.69) is 10.1 Å². The van der Waals surface area contributed by atoms with Gasteiger partial charge in [0.2, 0.25) is 11.7 Å². The minimum Gasteiger partial charge on any atom is -0.495 e. The van der Waals surface area contributed by atoms with Crippen molar-refractivity contribution in [2.24, 2.45) is 0 Å². The number of methoxy groups -OCH3 is 1. The SMILES string of the molecule is COc1ccccc1S(=O)(=O)Cc1nc(-c2ccc(C)cc2)no1. The van der Waals surface area contributed by atoms with Gasteiger partial charge in [0.05, 0.1) is 7.11 Å². The maximum atomic E-state index is 12.6. The van der Waals surface area contributed by atoms with Crippen LogP contribution in [0.3, 0.4) is 0 Å². The van der Waals surface area contributed by atoms with E-state index >= 15 is 0 Å². The summed E-state index contributed by atoms with van der Waals surface area (Å²) in [4.78, 5) is 4.28. The fourth-order valence-electron chi connectivity index (χ4n) is 2.25. The zero-order valence-electron chi connectivity index (χ0n) is 13.3. The summed E-state index contributed by atoms with van der Waals surface area (Å²) in [6.45, 7) is 1.98. The lowest BCUT2D eigenvalue weighted by Gasteiger charge is -2.07. The molecule has 0 saturated carbocycles. The van der Waals surface area contributed by atoms with Crippen LogP contribution in [0.5, 0.6) is 5.75 Å². The summed E-state index contributed by atoms with van der Waals surface area (Å²) in [6, 6.07) is 14.0. The summed E-state index contributed by atoms with van der Waals surface area (Å²) in [5, 5.41) is 3.85. The molecular formula is C17H16N2O4S. The van der Waals surface area contributed by atoms with Crippen LogP contribution in [0.25, 0.3) is 11.4 Å². The molecular weight excluding hydrogens is 328 g/mol. The Balaban J connectivity index is 1.87. The summed E-state index contributed by atoms with van der Waals surface area (Å²) in [6.07, 6.45) is 0. The van der Waals surface area contributed by atoms with Crippen LogP contribution < -0.4 is 4.74 Å². The van der Waals surface area contributed by atoms with Gasteiger partial charge in [-0.15, -0.1) is 0 Å². The number of hydrogen-bond acceptors (Lipinski definition) is 6. The van der Waals surface area contributed by atoms with E-state index in [0.29, 0.717) is 5.82 Å². The molecule has 3 rings (SSSR count). The van der Waals surface area contributed by atoms with Crippen molar-refractivity contribution >= 4 is 9.84 Å². The number of sulfone groups is 1. The van der Waals surface area contributed by atoms with Crippen molar-refractivity contribution < 1.29 is 17.7 Å². The average Bonchev–Trinajstić information content (AvgIpc) is 3.03. The molecule has 0 radical (unpaired) electrons. The van der Waals surface area contributed by atoms with Crippen molar-refractivity contribution in [3.8, 4) is 17.1 Å². The monoisotopic (exact) mass is 344 g/mol. The second kappa shape index (κ2) is 6.45. The molecule has 1 aromatic heterocycles. The first-order chi connectivity index (χ1) is 11.5. The minimum absolute atomic E-state index is 0.0384. The molecule has 7 heteroatoms. The molecule has 0 atom stereocenters. The first kappa shape index (κ1) is 16.2. The van der Waals surface area contributed by atoms with Gasteiger partial charge in [-0.1, -0.05) is 47.1 Å². The Kier molecular flexibility index (Phi) is 4.35. The molecule has 3 aromatic rings. The van der Waals surface area contributed by atoms with E-state index in [1.807, 2.05) is 31.2 Å². The summed E-state index contributed by atoms with van der Waals surface area (Å²) in [5.41, 5.74) is 1.88. The number of aryl methyl sites for hydroxylation is 1. The normalized spacial score (nSPS) is 11.4. The van der Waals surface area contributed by atoms with Crippen molar-refractivity contribution in [2.45, 2.75) is 17.6 Å². The number of para-hydroxylation sites is 1. The quantitative estimate of drug-likeness (QED) is 0.707. The first-order valence-corrected chi connectivity index (χ1v) is 8.90. The summed E-state index contributed by atoms with van der Waals surface area (Å²) >= 11 is 0. The highest BCUT2D eigenvalue weighted by molar-refractivity contribution is 7.90. The first-order valence-electron chi connectivity index (χ1n) is 7.25. The maximum Gasteiger partial charge on any atom is 0.242 e. The molecule has 0 aliphatic heterocycles. The highest BCUT2D eigenvalue weighted by Gasteiger charge is 2.23. The smallest absolute Gasteiger partial charge is 0.242 e. The zero-order chi connectivity index (χ0) is 17.2. The molecule has 0 N–H and O–H groups in total. The standard InChI is InChI=1S/C17H16N2O4S/c1-12-7-9-13(10-8-12)17-18-16(23-19-17)11-24(20,21)15-6-4-3-5-14(15)22-2/h3-10H,11H2,1-2H3. The van der Waals surface area contributed by atoms with Crippen LogP contribution in [0, 0.1) is 6.92 Å². The Labute approximate surface area is 140 Å². The third-order valence-corrected chi connectivity index (χ3v) is 5.13. The van der Waals surface area contributed by atoms with Crippen molar-refractivity contribution in [3.63, 3.8) is 0 Å². The van der Waals surface area contributed by atoms with Crippen molar-refractivity contribution in [3.05, 3.63) is 60.0 Å². The van der Waals surface area contributed by atoms with Gasteiger partial charge in [-0.05, 0) is 19.1 Å². The van der Waals surface area contributed by atoms with Crippen molar-refractivity contribution in [1.29, 1.82) is 0 Å². The van der Waals surface area contributed by atoms with Crippen LogP contribution in [0.2, 0.25) is 0 Å². The second-order valence-corrected chi connectivity index (χ2v) is 7.25. The van der Waals surface area contributed by atoms with Gasteiger partial charge < -0.3 is 9.26 Å². The minimum atomic E-state index is -3.65. The molecule has 0 unspecified atom stereocenters. The third-order valence-electron chi connectivity index (χ3n) is 3.50. The lowest BCUT2D eigenvalue weighted by atomic mass is 10.1. The zero-order valence-corrected chi connectivity index (χ0v) is 14.1. The van der Waals surface area contributed by atoms with E-state index in [1.165, 1.54) is 13.2 Å². The predicted octanol–water partition coefficient (Wildman–Crippen LogP) is 3.03. The Bertz CT molecular complexity index is 947. The highest BCUT2D eigenvalue weighted by Crippen LogP contribution is 2.26. The Morgan fingerprint density at radius 2 is 1.79 bits per heavy atom. The van der Waals surface area contributed by atoms with Gasteiger partial charge in [-0.25, -0.2) is 8.42 Å². The number of benzene rings is 2. The number of ether oxygens (including phenoxy) is 1. The molecule has 2 aromatic carbocycles. The molecule has 0 aliphatic carbocycles. The van der Waals surface area contributed by atoms with Gasteiger partial charge in [0.1, 0.15) is 16.4 Å². The highest BCUT2D eigenvalue weighted by atomic mass is 32.2. The lowest BCUT2D eigenvalue weighted by Crippen LogP contribution is -2.07. The van der Waals surface area contributed by atoms with Crippen LogP contribution in [-0.4, -0.2) is 25.7 Å². The topological polar surface area (TPSA) is 82.3 Å².